The molecular weight excluding hydrogens is 342 g/mol. The summed E-state index contributed by atoms with van der Waals surface area (Å²) < 4.78 is 10.7. The van der Waals surface area contributed by atoms with Crippen LogP contribution in [0.1, 0.15) is 44.1 Å². The third kappa shape index (κ3) is 3.92. The number of methoxy groups -OCH3 is 1. The number of carbonyl (C=O) groups excluding carboxylic acids is 2. The zero-order valence-electron chi connectivity index (χ0n) is 14.5. The molecular formula is C19H24ClNO4. The van der Waals surface area contributed by atoms with Gasteiger partial charge in [0.05, 0.1) is 13.0 Å². The second-order valence-corrected chi connectivity index (χ2v) is 7.38. The number of hydrogen-bond acceptors (Lipinski definition) is 4. The molecule has 0 spiro atoms. The Labute approximate surface area is 153 Å². The van der Waals surface area contributed by atoms with Crippen molar-refractivity contribution in [3.63, 3.8) is 0 Å². The van der Waals surface area contributed by atoms with Gasteiger partial charge in [0, 0.05) is 5.02 Å². The lowest BCUT2D eigenvalue weighted by atomic mass is 9.88. The maximum absolute atomic E-state index is 12.9. The van der Waals surface area contributed by atoms with E-state index >= 15 is 0 Å². The van der Waals surface area contributed by atoms with Crippen molar-refractivity contribution in [2.45, 2.75) is 50.5 Å². The van der Waals surface area contributed by atoms with E-state index in [1.54, 1.807) is 6.07 Å². The number of ether oxygens (including phenoxy) is 2. The van der Waals surface area contributed by atoms with Crippen LogP contribution in [0.5, 0.6) is 5.75 Å². The average molecular weight is 366 g/mol. The van der Waals surface area contributed by atoms with Crippen LogP contribution in [0.15, 0.2) is 18.2 Å². The van der Waals surface area contributed by atoms with Crippen LogP contribution in [-0.4, -0.2) is 31.1 Å². The molecule has 0 bridgehead atoms. The fraction of sp³-hybridized carbons (Fsp3) is 0.579. The van der Waals surface area contributed by atoms with Gasteiger partial charge in [-0.05, 0) is 43.0 Å². The lowest BCUT2D eigenvalue weighted by Gasteiger charge is -2.33. The molecule has 1 aromatic carbocycles. The number of carbonyl (C=O) groups is 2. The zero-order chi connectivity index (χ0) is 17.9. The van der Waals surface area contributed by atoms with Crippen LogP contribution in [0.25, 0.3) is 0 Å². The molecule has 0 aromatic heterocycles. The summed E-state index contributed by atoms with van der Waals surface area (Å²) in [4.78, 5) is 25.3. The van der Waals surface area contributed by atoms with E-state index in [1.165, 1.54) is 7.11 Å². The third-order valence-corrected chi connectivity index (χ3v) is 5.43. The number of benzene rings is 1. The van der Waals surface area contributed by atoms with E-state index in [2.05, 4.69) is 5.32 Å². The van der Waals surface area contributed by atoms with Gasteiger partial charge in [0.1, 0.15) is 17.9 Å². The molecule has 1 saturated carbocycles. The van der Waals surface area contributed by atoms with E-state index in [0.29, 0.717) is 30.9 Å². The van der Waals surface area contributed by atoms with Crippen molar-refractivity contribution in [2.24, 2.45) is 5.92 Å². The number of hydrogen-bond donors (Lipinski definition) is 1. The predicted octanol–water partition coefficient (Wildman–Crippen LogP) is 3.27. The van der Waals surface area contributed by atoms with Crippen molar-refractivity contribution < 1.29 is 19.1 Å². The predicted molar refractivity (Wildman–Crippen MR) is 94.7 cm³/mol. The Morgan fingerprint density at radius 3 is 2.64 bits per heavy atom. The second kappa shape index (κ2) is 7.65. The maximum atomic E-state index is 12.9. The lowest BCUT2D eigenvalue weighted by Crippen LogP contribution is -2.57. The Balaban J connectivity index is 1.74. The van der Waals surface area contributed by atoms with E-state index in [0.717, 1.165) is 37.0 Å². The average Bonchev–Trinajstić information content (AvgIpc) is 2.86. The first-order valence-electron chi connectivity index (χ1n) is 8.86. The highest BCUT2D eigenvalue weighted by Crippen LogP contribution is 2.32. The minimum absolute atomic E-state index is 0.155. The first kappa shape index (κ1) is 18.1. The quantitative estimate of drug-likeness (QED) is 0.659. The van der Waals surface area contributed by atoms with Crippen LogP contribution in [0.2, 0.25) is 5.02 Å². The van der Waals surface area contributed by atoms with Crippen LogP contribution in [-0.2, 0) is 20.7 Å². The molecule has 25 heavy (non-hydrogen) atoms. The zero-order valence-corrected chi connectivity index (χ0v) is 15.2. The van der Waals surface area contributed by atoms with Gasteiger partial charge in [-0.25, -0.2) is 4.79 Å². The van der Waals surface area contributed by atoms with Gasteiger partial charge in [-0.2, -0.15) is 0 Å². The minimum Gasteiger partial charge on any atom is -0.492 e. The Morgan fingerprint density at radius 2 is 1.96 bits per heavy atom. The van der Waals surface area contributed by atoms with Gasteiger partial charge in [-0.3, -0.25) is 4.79 Å². The van der Waals surface area contributed by atoms with Gasteiger partial charge >= 0.3 is 5.97 Å². The molecule has 1 amide bonds. The number of esters is 1. The van der Waals surface area contributed by atoms with Crippen molar-refractivity contribution in [1.29, 1.82) is 0 Å². The lowest BCUT2D eigenvalue weighted by molar-refractivity contribution is -0.152. The van der Waals surface area contributed by atoms with Crippen molar-refractivity contribution in [3.8, 4) is 5.75 Å². The second-order valence-electron chi connectivity index (χ2n) is 6.94. The molecule has 1 unspecified atom stereocenters. The molecule has 1 heterocycles. The molecule has 1 aliphatic carbocycles. The van der Waals surface area contributed by atoms with E-state index in [-0.39, 0.29) is 17.8 Å². The SMILES string of the molecule is COC(=O)C1(NC(=O)C2COc3ccc(Cl)cc3C2)CCCCCC1. The Morgan fingerprint density at radius 1 is 1.24 bits per heavy atom. The van der Waals surface area contributed by atoms with Crippen molar-refractivity contribution in [1.82, 2.24) is 5.32 Å². The van der Waals surface area contributed by atoms with Crippen molar-refractivity contribution in [3.05, 3.63) is 28.8 Å². The molecule has 2 aliphatic rings. The largest absolute Gasteiger partial charge is 0.492 e. The first-order valence-corrected chi connectivity index (χ1v) is 9.23. The molecule has 5 nitrogen and oxygen atoms in total. The topological polar surface area (TPSA) is 64.6 Å². The summed E-state index contributed by atoms with van der Waals surface area (Å²) in [6.45, 7) is 0.303. The normalized spacial score (nSPS) is 22.1. The van der Waals surface area contributed by atoms with E-state index in [9.17, 15) is 9.59 Å². The summed E-state index contributed by atoms with van der Waals surface area (Å²) in [6, 6.07) is 5.43. The van der Waals surface area contributed by atoms with Crippen LogP contribution in [0, 0.1) is 5.92 Å². The van der Waals surface area contributed by atoms with Crippen LogP contribution in [0.3, 0.4) is 0 Å². The smallest absolute Gasteiger partial charge is 0.331 e. The molecule has 3 rings (SSSR count). The van der Waals surface area contributed by atoms with Gasteiger partial charge < -0.3 is 14.8 Å². The highest BCUT2D eigenvalue weighted by atomic mass is 35.5. The van der Waals surface area contributed by atoms with Crippen LogP contribution < -0.4 is 10.1 Å². The van der Waals surface area contributed by atoms with Gasteiger partial charge in [0.25, 0.3) is 0 Å². The Bertz CT molecular complexity index is 653. The molecule has 1 N–H and O–H groups in total. The fourth-order valence-corrected chi connectivity index (χ4v) is 3.97. The molecule has 1 aromatic rings. The van der Waals surface area contributed by atoms with Crippen molar-refractivity contribution >= 4 is 23.5 Å². The van der Waals surface area contributed by atoms with Crippen LogP contribution >= 0.6 is 11.6 Å². The van der Waals surface area contributed by atoms with Crippen molar-refractivity contribution in [2.75, 3.05) is 13.7 Å². The molecule has 0 saturated heterocycles. The van der Waals surface area contributed by atoms with Gasteiger partial charge in [-0.15, -0.1) is 0 Å². The minimum atomic E-state index is -0.906. The summed E-state index contributed by atoms with van der Waals surface area (Å²) in [6.07, 6.45) is 5.78. The fourth-order valence-electron chi connectivity index (χ4n) is 3.78. The highest BCUT2D eigenvalue weighted by Gasteiger charge is 2.42. The number of amides is 1. The monoisotopic (exact) mass is 365 g/mol. The molecule has 136 valence electrons. The molecule has 1 fully saturated rings. The molecule has 1 aliphatic heterocycles. The Kier molecular flexibility index (Phi) is 5.52. The van der Waals surface area contributed by atoms with Gasteiger partial charge in [-0.1, -0.05) is 37.3 Å². The summed E-state index contributed by atoms with van der Waals surface area (Å²) in [7, 11) is 1.38. The number of rotatable bonds is 3. The number of halogens is 1. The maximum Gasteiger partial charge on any atom is 0.331 e. The standard InChI is InChI=1S/C19H24ClNO4/c1-24-18(23)19(8-4-2-3-5-9-19)21-17(22)14-10-13-11-15(20)6-7-16(13)25-12-14/h6-7,11,14H,2-5,8-10,12H2,1H3,(H,21,22). The van der Waals surface area contributed by atoms with E-state index < -0.39 is 5.54 Å². The summed E-state index contributed by atoms with van der Waals surface area (Å²) in [5, 5.41) is 3.64. The van der Waals surface area contributed by atoms with E-state index in [1.807, 2.05) is 12.1 Å². The molecule has 6 heteroatoms. The molecule has 0 radical (unpaired) electrons. The first-order chi connectivity index (χ1) is 12.0. The summed E-state index contributed by atoms with van der Waals surface area (Å²) in [5.41, 5.74) is 0.0172. The third-order valence-electron chi connectivity index (χ3n) is 5.20. The number of fused-ring (bicyclic) bond motifs is 1. The number of nitrogens with one attached hydrogen (secondary N) is 1. The highest BCUT2D eigenvalue weighted by molar-refractivity contribution is 6.30. The Hall–Kier alpha value is -1.75. The molecule has 1 atom stereocenters. The summed E-state index contributed by atoms with van der Waals surface area (Å²) in [5.74, 6) is -0.0674. The van der Waals surface area contributed by atoms with Crippen LogP contribution in [0.4, 0.5) is 0 Å². The van der Waals surface area contributed by atoms with Gasteiger partial charge in [0.15, 0.2) is 0 Å². The van der Waals surface area contributed by atoms with Gasteiger partial charge in [0.2, 0.25) is 5.91 Å². The van der Waals surface area contributed by atoms with E-state index in [4.69, 9.17) is 21.1 Å². The summed E-state index contributed by atoms with van der Waals surface area (Å²) >= 11 is 6.04.